The van der Waals surface area contributed by atoms with Crippen LogP contribution in [0.5, 0.6) is 0 Å². The molecule has 0 radical (unpaired) electrons. The number of likely N-dealkylation sites (N-methyl/N-ethyl adjacent to an activating group) is 1. The number of piperidine rings is 1. The lowest BCUT2D eigenvalue weighted by Gasteiger charge is -2.38. The molecule has 3 rings (SSSR count). The predicted octanol–water partition coefficient (Wildman–Crippen LogP) is 3.43. The van der Waals surface area contributed by atoms with Gasteiger partial charge in [-0.15, -0.1) is 0 Å². The summed E-state index contributed by atoms with van der Waals surface area (Å²) >= 11 is 0. The Hall–Kier alpha value is -3.19. The molecule has 0 bridgehead atoms. The molecule has 1 atom stereocenters. The van der Waals surface area contributed by atoms with Gasteiger partial charge in [-0.25, -0.2) is 0 Å². The van der Waals surface area contributed by atoms with E-state index in [0.29, 0.717) is 11.1 Å². The lowest BCUT2D eigenvalue weighted by Crippen LogP contribution is -2.48. The minimum absolute atomic E-state index is 0.204. The van der Waals surface area contributed by atoms with Crippen molar-refractivity contribution < 1.29 is 9.59 Å². The van der Waals surface area contributed by atoms with Gasteiger partial charge in [-0.2, -0.15) is 5.26 Å². The van der Waals surface area contributed by atoms with Crippen molar-refractivity contribution in [2.24, 2.45) is 0 Å². The normalized spacial score (nSPS) is 20.5. The molecular formula is C21H18N2O2. The van der Waals surface area contributed by atoms with Gasteiger partial charge in [0.05, 0.1) is 11.6 Å². The topological polar surface area (TPSA) is 61.2 Å². The molecule has 1 aliphatic rings. The van der Waals surface area contributed by atoms with Gasteiger partial charge in [0, 0.05) is 24.5 Å². The van der Waals surface area contributed by atoms with Crippen molar-refractivity contribution in [2.45, 2.75) is 18.8 Å². The zero-order chi connectivity index (χ0) is 18.2. The van der Waals surface area contributed by atoms with Gasteiger partial charge in [-0.3, -0.25) is 14.5 Å². The first kappa shape index (κ1) is 16.7. The molecule has 0 unspecified atom stereocenters. The number of nitrogens with zero attached hydrogens (tertiary/aromatic N) is 2. The van der Waals surface area contributed by atoms with Gasteiger partial charge in [-0.05, 0) is 28.8 Å². The van der Waals surface area contributed by atoms with E-state index in [-0.39, 0.29) is 18.2 Å². The van der Waals surface area contributed by atoms with Gasteiger partial charge >= 0.3 is 0 Å². The van der Waals surface area contributed by atoms with Crippen LogP contribution < -0.4 is 0 Å². The molecule has 4 nitrogen and oxygen atoms in total. The van der Waals surface area contributed by atoms with E-state index in [1.165, 1.54) is 7.05 Å². The summed E-state index contributed by atoms with van der Waals surface area (Å²) < 4.78 is 0. The first-order valence-electron chi connectivity index (χ1n) is 7.98. The first-order chi connectivity index (χ1) is 11.9. The fourth-order valence-corrected chi connectivity index (χ4v) is 3.17. The predicted molar refractivity (Wildman–Crippen MR) is 95.5 cm³/mol. The van der Waals surface area contributed by atoms with E-state index in [4.69, 9.17) is 5.26 Å². The number of amides is 2. The number of likely N-dealkylation sites (tertiary alicyclic amines) is 1. The summed E-state index contributed by atoms with van der Waals surface area (Å²) in [6.45, 7) is 5.83. The highest BCUT2D eigenvalue weighted by atomic mass is 16.2. The van der Waals surface area contributed by atoms with Crippen LogP contribution in [-0.2, 0) is 15.0 Å². The van der Waals surface area contributed by atoms with Gasteiger partial charge in [0.1, 0.15) is 0 Å². The van der Waals surface area contributed by atoms with E-state index in [9.17, 15) is 9.59 Å². The van der Waals surface area contributed by atoms with E-state index in [0.717, 1.165) is 21.6 Å². The zero-order valence-electron chi connectivity index (χ0n) is 14.2. The summed E-state index contributed by atoms with van der Waals surface area (Å²) in [6.07, 6.45) is 0.204. The minimum atomic E-state index is -0.733. The summed E-state index contributed by atoms with van der Waals surface area (Å²) in [5.74, 6) is -0.549. The second-order valence-electron chi connectivity index (χ2n) is 6.52. The van der Waals surface area contributed by atoms with Crippen molar-refractivity contribution in [3.05, 3.63) is 71.8 Å². The Balaban J connectivity index is 2.07. The third kappa shape index (κ3) is 2.74. The number of benzene rings is 2. The van der Waals surface area contributed by atoms with Crippen LogP contribution in [0.4, 0.5) is 0 Å². The third-order valence-electron chi connectivity index (χ3n) is 4.93. The molecule has 2 amide bonds. The van der Waals surface area contributed by atoms with Crippen molar-refractivity contribution in [2.75, 3.05) is 7.05 Å². The molecular weight excluding hydrogens is 312 g/mol. The molecule has 2 aromatic carbocycles. The SMILES string of the molecule is C=C1C(=O)N(C)C(=O)C[C@]1(C)c1cccc(-c2cccc(C#N)c2)c1. The molecule has 1 fully saturated rings. The average Bonchev–Trinajstić information content (AvgIpc) is 2.65. The number of carbonyl (C=O) groups is 2. The maximum atomic E-state index is 12.3. The van der Waals surface area contributed by atoms with Crippen molar-refractivity contribution in [3.8, 4) is 17.2 Å². The van der Waals surface area contributed by atoms with E-state index in [2.05, 4.69) is 12.6 Å². The van der Waals surface area contributed by atoms with E-state index < -0.39 is 5.41 Å². The lowest BCUT2D eigenvalue weighted by molar-refractivity contribution is -0.144. The van der Waals surface area contributed by atoms with E-state index >= 15 is 0 Å². The van der Waals surface area contributed by atoms with Crippen molar-refractivity contribution >= 4 is 11.8 Å². The summed E-state index contributed by atoms with van der Waals surface area (Å²) in [6, 6.07) is 17.2. The van der Waals surface area contributed by atoms with Gasteiger partial charge < -0.3 is 0 Å². The van der Waals surface area contributed by atoms with E-state index in [1.54, 1.807) is 6.07 Å². The largest absolute Gasteiger partial charge is 0.282 e. The maximum absolute atomic E-state index is 12.3. The van der Waals surface area contributed by atoms with Crippen molar-refractivity contribution in [1.29, 1.82) is 5.26 Å². The summed E-state index contributed by atoms with van der Waals surface area (Å²) in [4.78, 5) is 25.7. The lowest BCUT2D eigenvalue weighted by atomic mass is 9.70. The quantitative estimate of drug-likeness (QED) is 0.626. The van der Waals surface area contributed by atoms with Gasteiger partial charge in [0.2, 0.25) is 5.91 Å². The number of carbonyl (C=O) groups excluding carboxylic acids is 2. The number of hydrogen-bond donors (Lipinski definition) is 0. The second-order valence-corrected chi connectivity index (χ2v) is 6.52. The second kappa shape index (κ2) is 6.03. The Bertz CT molecular complexity index is 939. The fraction of sp³-hybridized carbons (Fsp3) is 0.190. The number of hydrogen-bond acceptors (Lipinski definition) is 3. The number of rotatable bonds is 2. The molecule has 0 N–H and O–H groups in total. The molecule has 1 aliphatic heterocycles. The molecule has 1 heterocycles. The van der Waals surface area contributed by atoms with Crippen LogP contribution in [-0.4, -0.2) is 23.8 Å². The van der Waals surface area contributed by atoms with Crippen molar-refractivity contribution in [3.63, 3.8) is 0 Å². The number of imide groups is 1. The molecule has 124 valence electrons. The summed E-state index contributed by atoms with van der Waals surface area (Å²) in [5, 5.41) is 9.09. The van der Waals surface area contributed by atoms with Gasteiger partial charge in [-0.1, -0.05) is 49.9 Å². The zero-order valence-corrected chi connectivity index (χ0v) is 14.2. The first-order valence-corrected chi connectivity index (χ1v) is 7.98. The van der Waals surface area contributed by atoms with Crippen LogP contribution in [0.1, 0.15) is 24.5 Å². The standard InChI is InChI=1S/C21H18N2O2/c1-14-20(25)23(3)19(24)12-21(14,2)18-9-5-8-17(11-18)16-7-4-6-15(10-16)13-22/h4-11H,1,12H2,2-3H3/t21-/m0/s1. The fourth-order valence-electron chi connectivity index (χ4n) is 3.17. The molecule has 2 aromatic rings. The molecule has 0 aliphatic carbocycles. The van der Waals surface area contributed by atoms with Gasteiger partial charge in [0.25, 0.3) is 5.91 Å². The van der Waals surface area contributed by atoms with Crippen molar-refractivity contribution in [1.82, 2.24) is 4.90 Å². The Morgan fingerprint density at radius 3 is 2.44 bits per heavy atom. The Morgan fingerprint density at radius 1 is 1.12 bits per heavy atom. The van der Waals surface area contributed by atoms with Crippen LogP contribution in [0.2, 0.25) is 0 Å². The monoisotopic (exact) mass is 330 g/mol. The average molecular weight is 330 g/mol. The maximum Gasteiger partial charge on any atom is 0.256 e. The minimum Gasteiger partial charge on any atom is -0.282 e. The molecule has 0 spiro atoms. The van der Waals surface area contributed by atoms with Crippen LogP contribution in [0.15, 0.2) is 60.7 Å². The summed E-state index contributed by atoms with van der Waals surface area (Å²) in [7, 11) is 1.49. The number of nitriles is 1. The molecule has 4 heteroatoms. The molecule has 0 saturated carbocycles. The highest BCUT2D eigenvalue weighted by Crippen LogP contribution is 2.40. The Labute approximate surface area is 147 Å². The molecule has 0 aromatic heterocycles. The highest BCUT2D eigenvalue weighted by Gasteiger charge is 2.43. The van der Waals surface area contributed by atoms with Gasteiger partial charge in [0.15, 0.2) is 0 Å². The highest BCUT2D eigenvalue weighted by molar-refractivity contribution is 6.09. The van der Waals surface area contributed by atoms with Crippen LogP contribution in [0.25, 0.3) is 11.1 Å². The molecule has 1 saturated heterocycles. The summed E-state index contributed by atoms with van der Waals surface area (Å²) in [5.41, 5.74) is 2.99. The molecule has 25 heavy (non-hydrogen) atoms. The van der Waals surface area contributed by atoms with Crippen LogP contribution >= 0.6 is 0 Å². The third-order valence-corrected chi connectivity index (χ3v) is 4.93. The van der Waals surface area contributed by atoms with Crippen LogP contribution in [0, 0.1) is 11.3 Å². The van der Waals surface area contributed by atoms with E-state index in [1.807, 2.05) is 49.4 Å². The Kier molecular flexibility index (Phi) is 4.02. The smallest absolute Gasteiger partial charge is 0.256 e. The Morgan fingerprint density at radius 2 is 1.76 bits per heavy atom. The van der Waals surface area contributed by atoms with Crippen LogP contribution in [0.3, 0.4) is 0 Å².